The summed E-state index contributed by atoms with van der Waals surface area (Å²) in [7, 11) is 0. The van der Waals surface area contributed by atoms with Crippen LogP contribution in [0, 0.1) is 0 Å². The van der Waals surface area contributed by atoms with Crippen LogP contribution in [0.15, 0.2) is 0 Å². The van der Waals surface area contributed by atoms with Gasteiger partial charge < -0.3 is 46.6 Å². The zero-order valence-electron chi connectivity index (χ0n) is 9.11. The van der Waals surface area contributed by atoms with E-state index in [1.165, 1.54) is 0 Å². The molecular formula is C6H14N2O11. The van der Waals surface area contributed by atoms with Crippen molar-refractivity contribution in [3.63, 3.8) is 0 Å². The average molecular weight is 290 g/mol. The van der Waals surface area contributed by atoms with Gasteiger partial charge >= 0.3 is 11.7 Å². The third-order valence-corrected chi connectivity index (χ3v) is 2.40. The highest BCUT2D eigenvalue weighted by atomic mass is 16.8. The maximum Gasteiger partial charge on any atom is 0.362 e. The van der Waals surface area contributed by atoms with Crippen LogP contribution in [0.4, 0.5) is 0 Å². The summed E-state index contributed by atoms with van der Waals surface area (Å²) in [6, 6.07) is 0. The predicted molar refractivity (Wildman–Crippen MR) is 48.6 cm³/mol. The van der Waals surface area contributed by atoms with Gasteiger partial charge in [-0.25, -0.2) is 4.79 Å². The van der Waals surface area contributed by atoms with Crippen molar-refractivity contribution in [2.75, 3.05) is 6.54 Å². The number of carboxylic acid groups (broad SMARTS) is 1. The number of hydroxylamine groups is 2. The molecule has 13 nitrogen and oxygen atoms in total. The van der Waals surface area contributed by atoms with E-state index in [1.54, 1.807) is 0 Å². The van der Waals surface area contributed by atoms with Crippen LogP contribution in [0.3, 0.4) is 0 Å². The number of rotatable bonds is 6. The summed E-state index contributed by atoms with van der Waals surface area (Å²) in [5, 5.41) is 88.0. The molecule has 19 heavy (non-hydrogen) atoms. The molecule has 0 spiro atoms. The van der Waals surface area contributed by atoms with Gasteiger partial charge in [0.15, 0.2) is 0 Å². The lowest BCUT2D eigenvalue weighted by Gasteiger charge is -2.47. The number of nitrogens with zero attached hydrogens (tertiary/aromatic N) is 1. The van der Waals surface area contributed by atoms with Gasteiger partial charge in [-0.15, -0.1) is 0 Å². The van der Waals surface area contributed by atoms with Crippen LogP contribution >= 0.6 is 0 Å². The molecule has 0 fully saturated rings. The maximum absolute atomic E-state index is 10.6. The van der Waals surface area contributed by atoms with E-state index in [0.717, 1.165) is 0 Å². The van der Waals surface area contributed by atoms with Crippen LogP contribution in [-0.2, 0) is 4.79 Å². The first kappa shape index (κ1) is 18.0. The summed E-state index contributed by atoms with van der Waals surface area (Å²) in [4.78, 5) is 10.6. The highest BCUT2D eigenvalue weighted by Gasteiger charge is 2.75. The normalized spacial score (nSPS) is 17.4. The highest BCUT2D eigenvalue weighted by Crippen LogP contribution is 2.36. The molecule has 0 aliphatic heterocycles. The zero-order chi connectivity index (χ0) is 15.9. The van der Waals surface area contributed by atoms with Crippen molar-refractivity contribution in [3.05, 3.63) is 0 Å². The number of aliphatic hydroxyl groups is 7. The van der Waals surface area contributed by atoms with Crippen molar-refractivity contribution >= 4 is 5.97 Å². The van der Waals surface area contributed by atoms with Gasteiger partial charge in [0.2, 0.25) is 5.79 Å². The quantitative estimate of drug-likeness (QED) is 0.161. The van der Waals surface area contributed by atoms with Gasteiger partial charge in [-0.2, -0.15) is 0 Å². The fourth-order valence-corrected chi connectivity index (χ4v) is 1.04. The lowest BCUT2D eigenvalue weighted by Crippen LogP contribution is -2.82. The third kappa shape index (κ3) is 2.29. The van der Waals surface area contributed by atoms with Gasteiger partial charge in [0.1, 0.15) is 0 Å². The Balaban J connectivity index is 6.03. The topological polar surface area (TPSA) is 249 Å². The zero-order valence-corrected chi connectivity index (χ0v) is 9.11. The first-order chi connectivity index (χ1) is 8.20. The fraction of sp³-hybridized carbons (Fsp3) is 0.833. The minimum absolute atomic E-state index is 1.46. The number of hydrogen-bond acceptors (Lipinski definition) is 12. The molecule has 0 aromatic carbocycles. The third-order valence-electron chi connectivity index (χ3n) is 2.40. The predicted octanol–water partition coefficient (Wildman–Crippen LogP) is -6.16. The van der Waals surface area contributed by atoms with Crippen molar-refractivity contribution in [1.82, 2.24) is 5.23 Å². The van der Waals surface area contributed by atoms with Crippen LogP contribution in [0.5, 0.6) is 0 Å². The van der Waals surface area contributed by atoms with E-state index in [9.17, 15) is 30.3 Å². The van der Waals surface area contributed by atoms with Crippen LogP contribution in [0.1, 0.15) is 0 Å². The molecular weight excluding hydrogens is 276 g/mol. The molecule has 0 radical (unpaired) electrons. The van der Waals surface area contributed by atoms with Gasteiger partial charge in [0.25, 0.3) is 11.6 Å². The Morgan fingerprint density at radius 1 is 0.947 bits per heavy atom. The Hall–Kier alpha value is -0.970. The summed E-state index contributed by atoms with van der Waals surface area (Å²) in [6.45, 7) is -1.46. The molecule has 13 heteroatoms. The molecule has 1 atom stereocenters. The van der Waals surface area contributed by atoms with Crippen molar-refractivity contribution in [2.24, 2.45) is 5.73 Å². The Morgan fingerprint density at radius 3 is 1.53 bits per heavy atom. The molecule has 0 aromatic heterocycles. The van der Waals surface area contributed by atoms with E-state index in [0.29, 0.717) is 0 Å². The summed E-state index contributed by atoms with van der Waals surface area (Å²) >= 11 is 0. The number of carboxylic acids is 1. The van der Waals surface area contributed by atoms with Crippen molar-refractivity contribution < 1.29 is 56.1 Å². The molecule has 0 bridgehead atoms. The second-order valence-electron chi connectivity index (χ2n) is 3.63. The molecule has 0 aliphatic rings. The van der Waals surface area contributed by atoms with E-state index in [1.807, 2.05) is 0 Å². The monoisotopic (exact) mass is 290 g/mol. The molecule has 0 saturated heterocycles. The van der Waals surface area contributed by atoms with Crippen LogP contribution < -0.4 is 5.73 Å². The van der Waals surface area contributed by atoms with E-state index < -0.39 is 40.8 Å². The SMILES string of the molecule is NCC(O)(O)C(O)(O)C(O)(O)C(O)(C(=O)O)N(O)O. The first-order valence-electron chi connectivity index (χ1n) is 4.38. The summed E-state index contributed by atoms with van der Waals surface area (Å²) in [5.74, 6) is -16.1. The smallest absolute Gasteiger partial charge is 0.362 e. The molecule has 0 aromatic rings. The average Bonchev–Trinajstić information content (AvgIpc) is 2.26. The summed E-state index contributed by atoms with van der Waals surface area (Å²) in [5.41, 5.74) is 0.108. The second kappa shape index (κ2) is 4.85. The Labute approximate surface area is 104 Å². The van der Waals surface area contributed by atoms with Crippen molar-refractivity contribution in [3.8, 4) is 0 Å². The van der Waals surface area contributed by atoms with E-state index in [-0.39, 0.29) is 0 Å². The molecule has 0 aliphatic carbocycles. The molecule has 0 rings (SSSR count). The molecule has 0 saturated carbocycles. The van der Waals surface area contributed by atoms with Gasteiger partial charge in [0, 0.05) is 0 Å². The minimum Gasteiger partial charge on any atom is -0.478 e. The number of aliphatic carboxylic acids is 1. The largest absolute Gasteiger partial charge is 0.478 e. The first-order valence-corrected chi connectivity index (χ1v) is 4.38. The Kier molecular flexibility index (Phi) is 4.60. The standard InChI is InChI=1S/C6H14N2O11/c7-1-3(11,12)5(14,15)6(16,17)4(13,2(9)10)8(18)19/h11-19H,1,7H2,(H,9,10). The number of nitrogens with two attached hydrogens (primary N) is 1. The molecule has 0 amide bonds. The summed E-state index contributed by atoms with van der Waals surface area (Å²) in [6.07, 6.45) is 0. The van der Waals surface area contributed by atoms with Gasteiger partial charge in [-0.1, -0.05) is 0 Å². The van der Waals surface area contributed by atoms with E-state index in [2.05, 4.69) is 5.73 Å². The van der Waals surface area contributed by atoms with Gasteiger partial charge in [-0.05, 0) is 5.23 Å². The Morgan fingerprint density at radius 2 is 1.32 bits per heavy atom. The fourth-order valence-electron chi connectivity index (χ4n) is 1.04. The molecule has 1 unspecified atom stereocenters. The molecule has 12 N–H and O–H groups in total. The second-order valence-corrected chi connectivity index (χ2v) is 3.63. The minimum atomic E-state index is -4.81. The lowest BCUT2D eigenvalue weighted by molar-refractivity contribution is -0.530. The summed E-state index contributed by atoms with van der Waals surface area (Å²) < 4.78 is 0. The maximum atomic E-state index is 10.6. The lowest BCUT2D eigenvalue weighted by atomic mass is 9.87. The van der Waals surface area contributed by atoms with E-state index in [4.69, 9.17) is 25.7 Å². The number of hydrogen-bond donors (Lipinski definition) is 11. The van der Waals surface area contributed by atoms with Gasteiger partial charge in [-0.3, -0.25) is 10.4 Å². The van der Waals surface area contributed by atoms with Crippen LogP contribution in [0.25, 0.3) is 0 Å². The molecule has 114 valence electrons. The molecule has 0 heterocycles. The Bertz CT molecular complexity index is 353. The van der Waals surface area contributed by atoms with E-state index >= 15 is 0 Å². The number of carbonyl (C=O) groups is 1. The highest BCUT2D eigenvalue weighted by molar-refractivity contribution is 5.77. The van der Waals surface area contributed by atoms with Crippen molar-refractivity contribution in [2.45, 2.75) is 23.1 Å². The van der Waals surface area contributed by atoms with Crippen LogP contribution in [0.2, 0.25) is 0 Å². The van der Waals surface area contributed by atoms with Gasteiger partial charge in [0.05, 0.1) is 6.54 Å². The van der Waals surface area contributed by atoms with Crippen LogP contribution in [-0.4, -0.2) is 92.1 Å². The van der Waals surface area contributed by atoms with Crippen molar-refractivity contribution in [1.29, 1.82) is 0 Å².